The maximum absolute atomic E-state index is 11.7. The number of carbonyl (C=O) groups excluding carboxylic acids is 1. The highest BCUT2D eigenvalue weighted by Crippen LogP contribution is 2.33. The highest BCUT2D eigenvalue weighted by molar-refractivity contribution is 5.87. The van der Waals surface area contributed by atoms with E-state index in [1.165, 1.54) is 35.0 Å². The van der Waals surface area contributed by atoms with Crippen LogP contribution >= 0.6 is 0 Å². The van der Waals surface area contributed by atoms with Gasteiger partial charge in [0, 0.05) is 36.1 Å². The van der Waals surface area contributed by atoms with Crippen LogP contribution in [0.5, 0.6) is 5.75 Å². The predicted octanol–water partition coefficient (Wildman–Crippen LogP) is 3.45. The first-order chi connectivity index (χ1) is 11.2. The minimum Gasteiger partial charge on any atom is -0.497 e. The molecular weight excluding hydrogens is 288 g/mol. The van der Waals surface area contributed by atoms with Crippen LogP contribution in [0.25, 0.3) is 10.9 Å². The maximum Gasteiger partial charge on any atom is 0.219 e. The van der Waals surface area contributed by atoms with Crippen molar-refractivity contribution >= 4 is 16.8 Å². The van der Waals surface area contributed by atoms with Crippen molar-refractivity contribution in [2.45, 2.75) is 52.0 Å². The monoisotopic (exact) mass is 314 g/mol. The smallest absolute Gasteiger partial charge is 0.219 e. The molecular formula is C19H26N2O2. The van der Waals surface area contributed by atoms with Gasteiger partial charge in [-0.2, -0.15) is 0 Å². The fourth-order valence-electron chi connectivity index (χ4n) is 3.61. The number of carbonyl (C=O) groups is 1. The molecule has 1 aromatic carbocycles. The standard InChI is InChI=1S/C19H26N2O2/c1-3-6-19(22)20-11-10-15-16-13-14(23-2)8-9-18(16)21-12-5-4-7-17(15)21/h8-9,13H,3-7,10-12H2,1-2H3,(H,20,22). The second-order valence-electron chi connectivity index (χ2n) is 6.27. The number of amides is 1. The summed E-state index contributed by atoms with van der Waals surface area (Å²) in [4.78, 5) is 11.7. The minimum absolute atomic E-state index is 0.155. The van der Waals surface area contributed by atoms with Crippen LogP contribution in [-0.4, -0.2) is 24.1 Å². The molecule has 0 unspecified atom stereocenters. The summed E-state index contributed by atoms with van der Waals surface area (Å²) in [7, 11) is 1.71. The van der Waals surface area contributed by atoms with Crippen molar-refractivity contribution in [2.24, 2.45) is 0 Å². The lowest BCUT2D eigenvalue weighted by Crippen LogP contribution is -2.25. The summed E-state index contributed by atoms with van der Waals surface area (Å²) in [6.07, 6.45) is 6.03. The van der Waals surface area contributed by atoms with Crippen molar-refractivity contribution in [1.82, 2.24) is 9.88 Å². The van der Waals surface area contributed by atoms with E-state index in [4.69, 9.17) is 4.74 Å². The van der Waals surface area contributed by atoms with Gasteiger partial charge in [0.1, 0.15) is 5.75 Å². The summed E-state index contributed by atoms with van der Waals surface area (Å²) in [6, 6.07) is 6.35. The molecule has 0 aliphatic carbocycles. The van der Waals surface area contributed by atoms with Gasteiger partial charge in [-0.25, -0.2) is 0 Å². The van der Waals surface area contributed by atoms with Crippen molar-refractivity contribution in [3.8, 4) is 5.75 Å². The highest BCUT2D eigenvalue weighted by atomic mass is 16.5. The Kier molecular flexibility index (Phi) is 4.89. The summed E-state index contributed by atoms with van der Waals surface area (Å²) in [5, 5.41) is 4.33. The number of aryl methyl sites for hydroxylation is 1. The number of aromatic nitrogens is 1. The number of fused-ring (bicyclic) bond motifs is 3. The third-order valence-corrected chi connectivity index (χ3v) is 4.71. The largest absolute Gasteiger partial charge is 0.497 e. The number of methoxy groups -OCH3 is 1. The van der Waals surface area contributed by atoms with Gasteiger partial charge in [-0.15, -0.1) is 0 Å². The molecule has 2 aromatic rings. The average Bonchev–Trinajstić information content (AvgIpc) is 2.89. The van der Waals surface area contributed by atoms with E-state index in [-0.39, 0.29) is 5.91 Å². The SMILES string of the molecule is CCCC(=O)NCCc1c2n(c3ccc(OC)cc13)CCCC2. The molecule has 23 heavy (non-hydrogen) atoms. The van der Waals surface area contributed by atoms with Crippen LogP contribution in [0.15, 0.2) is 18.2 Å². The summed E-state index contributed by atoms with van der Waals surface area (Å²) < 4.78 is 7.86. The van der Waals surface area contributed by atoms with E-state index in [1.54, 1.807) is 7.11 Å². The summed E-state index contributed by atoms with van der Waals surface area (Å²) in [5.41, 5.74) is 4.13. The fourth-order valence-corrected chi connectivity index (χ4v) is 3.61. The molecule has 1 aliphatic rings. The molecule has 2 heterocycles. The normalized spacial score (nSPS) is 13.8. The first-order valence-electron chi connectivity index (χ1n) is 8.69. The molecule has 3 rings (SSSR count). The first-order valence-corrected chi connectivity index (χ1v) is 8.69. The Morgan fingerprint density at radius 3 is 3.00 bits per heavy atom. The Morgan fingerprint density at radius 1 is 1.35 bits per heavy atom. The van der Waals surface area contributed by atoms with Crippen LogP contribution in [0.4, 0.5) is 0 Å². The average molecular weight is 314 g/mol. The molecule has 0 bridgehead atoms. The molecule has 0 spiro atoms. The van der Waals surface area contributed by atoms with Gasteiger partial charge in [-0.05, 0) is 55.9 Å². The van der Waals surface area contributed by atoms with Gasteiger partial charge in [-0.3, -0.25) is 4.79 Å². The number of benzene rings is 1. The lowest BCUT2D eigenvalue weighted by Gasteiger charge is -2.17. The lowest BCUT2D eigenvalue weighted by atomic mass is 10.0. The molecule has 0 saturated carbocycles. The number of nitrogens with zero attached hydrogens (tertiary/aromatic N) is 1. The van der Waals surface area contributed by atoms with E-state index >= 15 is 0 Å². The van der Waals surface area contributed by atoms with E-state index in [1.807, 2.05) is 13.0 Å². The zero-order chi connectivity index (χ0) is 16.2. The third kappa shape index (κ3) is 3.21. The van der Waals surface area contributed by atoms with Crippen molar-refractivity contribution in [2.75, 3.05) is 13.7 Å². The molecule has 4 nitrogen and oxygen atoms in total. The van der Waals surface area contributed by atoms with Crippen LogP contribution in [0.1, 0.15) is 43.9 Å². The van der Waals surface area contributed by atoms with E-state index < -0.39 is 0 Å². The minimum atomic E-state index is 0.155. The van der Waals surface area contributed by atoms with Crippen molar-refractivity contribution in [3.63, 3.8) is 0 Å². The zero-order valence-corrected chi connectivity index (χ0v) is 14.2. The predicted molar refractivity (Wildman–Crippen MR) is 93.0 cm³/mol. The summed E-state index contributed by atoms with van der Waals surface area (Å²) >= 11 is 0. The van der Waals surface area contributed by atoms with E-state index in [0.717, 1.165) is 31.6 Å². The summed E-state index contributed by atoms with van der Waals surface area (Å²) in [5.74, 6) is 1.05. The third-order valence-electron chi connectivity index (χ3n) is 4.71. The lowest BCUT2D eigenvalue weighted by molar-refractivity contribution is -0.121. The molecule has 1 amide bonds. The molecule has 0 radical (unpaired) electrons. The zero-order valence-electron chi connectivity index (χ0n) is 14.2. The quantitative estimate of drug-likeness (QED) is 0.887. The highest BCUT2D eigenvalue weighted by Gasteiger charge is 2.19. The molecule has 4 heteroatoms. The van der Waals surface area contributed by atoms with E-state index in [2.05, 4.69) is 22.0 Å². The number of hydrogen-bond acceptors (Lipinski definition) is 2. The van der Waals surface area contributed by atoms with Gasteiger partial charge in [0.15, 0.2) is 0 Å². The molecule has 0 atom stereocenters. The van der Waals surface area contributed by atoms with Crippen molar-refractivity contribution < 1.29 is 9.53 Å². The number of ether oxygens (including phenoxy) is 1. The van der Waals surface area contributed by atoms with Gasteiger partial charge in [0.25, 0.3) is 0 Å². The Balaban J connectivity index is 1.89. The van der Waals surface area contributed by atoms with Crippen LogP contribution in [0.3, 0.4) is 0 Å². The Labute approximate surface area is 137 Å². The van der Waals surface area contributed by atoms with Gasteiger partial charge < -0.3 is 14.6 Å². The van der Waals surface area contributed by atoms with Crippen molar-refractivity contribution in [3.05, 3.63) is 29.5 Å². The Bertz CT molecular complexity index is 703. The van der Waals surface area contributed by atoms with Gasteiger partial charge in [0.05, 0.1) is 7.11 Å². The second kappa shape index (κ2) is 7.07. The van der Waals surface area contributed by atoms with Crippen LogP contribution < -0.4 is 10.1 Å². The fraction of sp³-hybridized carbons (Fsp3) is 0.526. The van der Waals surface area contributed by atoms with Crippen LogP contribution in [0.2, 0.25) is 0 Å². The molecule has 1 N–H and O–H groups in total. The molecule has 0 saturated heterocycles. The molecule has 1 aromatic heterocycles. The molecule has 1 aliphatic heterocycles. The van der Waals surface area contributed by atoms with E-state index in [0.29, 0.717) is 13.0 Å². The van der Waals surface area contributed by atoms with Gasteiger partial charge in [0.2, 0.25) is 5.91 Å². The second-order valence-corrected chi connectivity index (χ2v) is 6.27. The Hall–Kier alpha value is -1.97. The topological polar surface area (TPSA) is 43.3 Å². The number of hydrogen-bond donors (Lipinski definition) is 1. The number of rotatable bonds is 6. The molecule has 0 fully saturated rings. The van der Waals surface area contributed by atoms with Crippen LogP contribution in [0, 0.1) is 0 Å². The van der Waals surface area contributed by atoms with Crippen molar-refractivity contribution in [1.29, 1.82) is 0 Å². The number of nitrogens with one attached hydrogen (secondary N) is 1. The molecule has 124 valence electrons. The Morgan fingerprint density at radius 2 is 2.22 bits per heavy atom. The van der Waals surface area contributed by atoms with Gasteiger partial charge >= 0.3 is 0 Å². The van der Waals surface area contributed by atoms with Gasteiger partial charge in [-0.1, -0.05) is 6.92 Å². The maximum atomic E-state index is 11.7. The van der Waals surface area contributed by atoms with E-state index in [9.17, 15) is 4.79 Å². The summed E-state index contributed by atoms with van der Waals surface area (Å²) in [6.45, 7) is 3.84. The first kappa shape index (κ1) is 15.9. The van der Waals surface area contributed by atoms with Crippen LogP contribution in [-0.2, 0) is 24.2 Å².